The monoisotopic (exact) mass is 511 g/mol. The Morgan fingerprint density at radius 2 is 1.56 bits per heavy atom. The van der Waals surface area contributed by atoms with Crippen LogP contribution in [0, 0.1) is 6.92 Å². The molecule has 0 amide bonds. The molecule has 3 aromatic rings. The maximum absolute atomic E-state index is 13.9. The molecular formula is C27H33N3O5S. The fourth-order valence-corrected chi connectivity index (χ4v) is 6.51. The van der Waals surface area contributed by atoms with E-state index >= 15 is 0 Å². The smallest absolute Gasteiger partial charge is 0.352 e. The Balaban J connectivity index is 2.00. The summed E-state index contributed by atoms with van der Waals surface area (Å²) in [4.78, 5) is 27.5. The number of hydrogen-bond donors (Lipinski definition) is 1. The van der Waals surface area contributed by atoms with Gasteiger partial charge < -0.3 is 5.11 Å². The van der Waals surface area contributed by atoms with Gasteiger partial charge in [0.15, 0.2) is 0 Å². The van der Waals surface area contributed by atoms with E-state index in [1.807, 2.05) is 20.8 Å². The van der Waals surface area contributed by atoms with E-state index in [-0.39, 0.29) is 16.2 Å². The molecule has 9 heteroatoms. The third kappa shape index (κ3) is 4.53. The largest absolute Gasteiger partial charge is 0.391 e. The molecule has 4 rings (SSSR count). The van der Waals surface area contributed by atoms with Gasteiger partial charge in [0.05, 0.1) is 27.6 Å². The number of sulfone groups is 1. The number of nitrogens with zero attached hydrogens (tertiary/aromatic N) is 3. The van der Waals surface area contributed by atoms with Crippen LogP contribution in [0.4, 0.5) is 0 Å². The number of hydrogen-bond acceptors (Lipinski definition) is 5. The van der Waals surface area contributed by atoms with Crippen molar-refractivity contribution in [2.24, 2.45) is 0 Å². The highest BCUT2D eigenvalue weighted by Gasteiger charge is 2.42. The molecule has 8 nitrogen and oxygen atoms in total. The minimum Gasteiger partial charge on any atom is -0.391 e. The second kappa shape index (κ2) is 10.4. The van der Waals surface area contributed by atoms with Gasteiger partial charge in [0.1, 0.15) is 6.04 Å². The first-order chi connectivity index (χ1) is 17.2. The van der Waals surface area contributed by atoms with E-state index in [2.05, 4.69) is 0 Å². The Morgan fingerprint density at radius 1 is 0.917 bits per heavy atom. The quantitative estimate of drug-likeness (QED) is 0.469. The summed E-state index contributed by atoms with van der Waals surface area (Å²) in [7, 11) is -4.06. The summed E-state index contributed by atoms with van der Waals surface area (Å²) in [5.41, 5.74) is 0.0831. The predicted octanol–water partition coefficient (Wildman–Crippen LogP) is 3.91. The third-order valence-corrected chi connectivity index (χ3v) is 8.58. The summed E-state index contributed by atoms with van der Waals surface area (Å²) >= 11 is 0. The third-order valence-electron chi connectivity index (χ3n) is 6.69. The first-order valence-electron chi connectivity index (χ1n) is 12.4. The van der Waals surface area contributed by atoms with E-state index in [4.69, 9.17) is 0 Å². The molecule has 2 heterocycles. The fourth-order valence-electron chi connectivity index (χ4n) is 4.83. The van der Waals surface area contributed by atoms with Crippen LogP contribution in [0.15, 0.2) is 80.1 Å². The normalized spacial score (nSPS) is 18.5. The molecule has 1 aliphatic heterocycles. The molecule has 0 spiro atoms. The predicted molar refractivity (Wildman–Crippen MR) is 139 cm³/mol. The molecule has 0 fully saturated rings. The summed E-state index contributed by atoms with van der Waals surface area (Å²) in [5.74, 6) is 0. The van der Waals surface area contributed by atoms with Crippen molar-refractivity contribution in [1.82, 2.24) is 13.9 Å². The number of aliphatic hydroxyl groups is 1. The zero-order chi connectivity index (χ0) is 26.0. The minimum absolute atomic E-state index is 0.0410. The average molecular weight is 512 g/mol. The van der Waals surface area contributed by atoms with E-state index in [0.29, 0.717) is 24.9 Å². The molecule has 0 saturated heterocycles. The Hall–Kier alpha value is -3.17. The van der Waals surface area contributed by atoms with Crippen molar-refractivity contribution >= 4 is 9.84 Å². The first-order valence-corrected chi connectivity index (χ1v) is 13.9. The van der Waals surface area contributed by atoms with Gasteiger partial charge in [-0.25, -0.2) is 31.9 Å². The fraction of sp³-hybridized carbons (Fsp3) is 0.407. The van der Waals surface area contributed by atoms with Crippen molar-refractivity contribution in [3.63, 3.8) is 0 Å². The van der Waals surface area contributed by atoms with Gasteiger partial charge in [-0.2, -0.15) is 0 Å². The molecule has 0 saturated carbocycles. The van der Waals surface area contributed by atoms with Gasteiger partial charge in [0, 0.05) is 0 Å². The summed E-state index contributed by atoms with van der Waals surface area (Å²) in [6.45, 7) is 5.78. The van der Waals surface area contributed by atoms with Crippen molar-refractivity contribution < 1.29 is 13.5 Å². The molecule has 1 N–H and O–H groups in total. The van der Waals surface area contributed by atoms with Crippen LogP contribution in [0.2, 0.25) is 0 Å². The van der Waals surface area contributed by atoms with Crippen LogP contribution in [0.1, 0.15) is 63.6 Å². The van der Waals surface area contributed by atoms with E-state index < -0.39 is 39.4 Å². The lowest BCUT2D eigenvalue weighted by atomic mass is 10.0. The Morgan fingerprint density at radius 3 is 2.17 bits per heavy atom. The molecule has 0 unspecified atom stereocenters. The van der Waals surface area contributed by atoms with Crippen molar-refractivity contribution in [2.75, 3.05) is 0 Å². The highest BCUT2D eigenvalue weighted by atomic mass is 32.2. The van der Waals surface area contributed by atoms with Crippen LogP contribution in [0.3, 0.4) is 0 Å². The second-order valence-corrected chi connectivity index (χ2v) is 11.3. The number of fused-ring (bicyclic) bond motifs is 1. The minimum atomic E-state index is -4.06. The average Bonchev–Trinajstić information content (AvgIpc) is 3.13. The van der Waals surface area contributed by atoms with Gasteiger partial charge in [0.2, 0.25) is 9.84 Å². The molecule has 36 heavy (non-hydrogen) atoms. The van der Waals surface area contributed by atoms with Crippen molar-refractivity contribution in [3.05, 3.63) is 92.1 Å². The molecule has 1 aromatic heterocycles. The van der Waals surface area contributed by atoms with Gasteiger partial charge in [-0.05, 0) is 50.1 Å². The van der Waals surface area contributed by atoms with Crippen LogP contribution in [-0.4, -0.2) is 33.6 Å². The van der Waals surface area contributed by atoms with E-state index in [1.165, 1.54) is 21.5 Å². The number of rotatable bonds is 9. The lowest BCUT2D eigenvalue weighted by molar-refractivity contribution is 0.0975. The Kier molecular flexibility index (Phi) is 7.51. The van der Waals surface area contributed by atoms with Gasteiger partial charge in [-0.1, -0.05) is 69.0 Å². The van der Waals surface area contributed by atoms with Crippen LogP contribution in [-0.2, 0) is 9.84 Å². The van der Waals surface area contributed by atoms with Gasteiger partial charge in [-0.3, -0.25) is 0 Å². The Bertz CT molecular complexity index is 1460. The zero-order valence-corrected chi connectivity index (χ0v) is 21.7. The zero-order valence-electron chi connectivity index (χ0n) is 20.9. The van der Waals surface area contributed by atoms with Gasteiger partial charge in [0.25, 0.3) is 0 Å². The molecule has 0 bridgehead atoms. The first kappa shape index (κ1) is 25.9. The van der Waals surface area contributed by atoms with Crippen molar-refractivity contribution in [1.29, 1.82) is 0 Å². The standard InChI is InChI=1S/C27H33N3O5S/c1-4-6-13-23(31)25-24(36(34,35)22-16-14-19(3)15-17-22)18-21(10-5-2)29-26(32)28(27(33)30(25)29)20-11-8-7-9-12-20/h7-9,11-12,14-18,21,23,25,31H,4-6,10,13H2,1-3H3/t21-,23-,25+/m0/s1. The second-order valence-electron chi connectivity index (χ2n) is 9.32. The molecule has 1 aliphatic rings. The van der Waals surface area contributed by atoms with Crippen molar-refractivity contribution in [3.8, 4) is 5.69 Å². The molecule has 0 radical (unpaired) electrons. The van der Waals surface area contributed by atoms with Crippen LogP contribution >= 0.6 is 0 Å². The Labute approximate surface area is 211 Å². The summed E-state index contributed by atoms with van der Waals surface area (Å²) < 4.78 is 31.4. The summed E-state index contributed by atoms with van der Waals surface area (Å²) in [5, 5.41) is 11.3. The summed E-state index contributed by atoms with van der Waals surface area (Å²) in [6, 6.07) is 13.2. The van der Waals surface area contributed by atoms with Crippen LogP contribution < -0.4 is 11.4 Å². The number of aromatic nitrogens is 3. The van der Waals surface area contributed by atoms with Gasteiger partial charge >= 0.3 is 11.4 Å². The molecule has 0 aliphatic carbocycles. The van der Waals surface area contributed by atoms with Crippen LogP contribution in [0.5, 0.6) is 0 Å². The van der Waals surface area contributed by atoms with E-state index in [0.717, 1.165) is 16.6 Å². The van der Waals surface area contributed by atoms with E-state index in [9.17, 15) is 23.1 Å². The number of allylic oxidation sites excluding steroid dienone is 1. The number of aryl methyl sites for hydroxylation is 1. The van der Waals surface area contributed by atoms with Gasteiger partial charge in [-0.15, -0.1) is 0 Å². The molecule has 3 atom stereocenters. The topological polar surface area (TPSA) is 103 Å². The maximum atomic E-state index is 13.9. The number of benzene rings is 2. The van der Waals surface area contributed by atoms with Crippen LogP contribution in [0.25, 0.3) is 5.69 Å². The number of para-hydroxylation sites is 1. The summed E-state index contributed by atoms with van der Waals surface area (Å²) in [6.07, 6.45) is 3.24. The lowest BCUT2D eigenvalue weighted by Crippen LogP contribution is -2.43. The van der Waals surface area contributed by atoms with Crippen molar-refractivity contribution in [2.45, 2.75) is 76.0 Å². The van der Waals surface area contributed by atoms with E-state index in [1.54, 1.807) is 48.5 Å². The number of aliphatic hydroxyl groups excluding tert-OH is 1. The molecular weight excluding hydrogens is 478 g/mol. The SMILES string of the molecule is CCCC[C@H](O)[C@@H]1C(S(=O)(=O)c2ccc(C)cc2)=C[C@H](CCC)n2c(=O)n(-c3ccccc3)c(=O)n21. The number of unbranched alkanes of at least 4 members (excludes halogenated alkanes) is 1. The highest BCUT2D eigenvalue weighted by Crippen LogP contribution is 2.38. The highest BCUT2D eigenvalue weighted by molar-refractivity contribution is 7.95. The lowest BCUT2D eigenvalue weighted by Gasteiger charge is -2.34. The molecule has 2 aromatic carbocycles. The molecule has 192 valence electrons. The maximum Gasteiger partial charge on any atom is 0.352 e.